The predicted molar refractivity (Wildman–Crippen MR) is 169 cm³/mol. The fourth-order valence-electron chi connectivity index (χ4n) is 5.20. The molecule has 6 nitrogen and oxygen atoms in total. The summed E-state index contributed by atoms with van der Waals surface area (Å²) in [4.78, 5) is 6.96. The first-order chi connectivity index (χ1) is 20.1. The highest BCUT2D eigenvalue weighted by Gasteiger charge is 2.14. The number of nitrogens with zero attached hydrogens (tertiary/aromatic N) is 3. The van der Waals surface area contributed by atoms with E-state index in [1.54, 1.807) is 7.11 Å². The third kappa shape index (κ3) is 7.88. The molecule has 0 amide bonds. The average molecular weight is 552 g/mol. The molecule has 0 aromatic heterocycles. The smallest absolute Gasteiger partial charge is 0.122 e. The number of hydrogen-bond donors (Lipinski definition) is 0. The van der Waals surface area contributed by atoms with Crippen molar-refractivity contribution in [3.63, 3.8) is 0 Å². The van der Waals surface area contributed by atoms with Crippen molar-refractivity contribution in [2.75, 3.05) is 62.2 Å². The maximum atomic E-state index is 6.00. The third-order valence-corrected chi connectivity index (χ3v) is 7.42. The zero-order chi connectivity index (χ0) is 28.4. The van der Waals surface area contributed by atoms with Crippen molar-refractivity contribution < 1.29 is 14.2 Å². The first kappa shape index (κ1) is 28.2. The van der Waals surface area contributed by atoms with Crippen molar-refractivity contribution in [1.82, 2.24) is 0 Å². The van der Waals surface area contributed by atoms with E-state index < -0.39 is 0 Å². The number of ether oxygens (including phenoxy) is 3. The lowest BCUT2D eigenvalue weighted by Gasteiger charge is -2.27. The lowest BCUT2D eigenvalue weighted by Crippen LogP contribution is -2.23. The number of methoxy groups -OCH3 is 1. The van der Waals surface area contributed by atoms with Crippen LogP contribution in [0.5, 0.6) is 17.2 Å². The van der Waals surface area contributed by atoms with Crippen molar-refractivity contribution >= 4 is 17.1 Å². The Morgan fingerprint density at radius 1 is 0.634 bits per heavy atom. The molecule has 0 atom stereocenters. The molecule has 214 valence electrons. The zero-order valence-corrected chi connectivity index (χ0v) is 24.5. The van der Waals surface area contributed by atoms with E-state index in [1.807, 2.05) is 50.5 Å². The molecule has 1 aliphatic rings. The summed E-state index contributed by atoms with van der Waals surface area (Å²) >= 11 is 0. The van der Waals surface area contributed by atoms with Crippen LogP contribution in [0.4, 0.5) is 17.1 Å². The van der Waals surface area contributed by atoms with E-state index in [9.17, 15) is 0 Å². The van der Waals surface area contributed by atoms with Crippen molar-refractivity contribution in [3.05, 3.63) is 108 Å². The highest BCUT2D eigenvalue weighted by atomic mass is 16.5. The van der Waals surface area contributed by atoms with Gasteiger partial charge >= 0.3 is 0 Å². The lowest BCUT2D eigenvalue weighted by molar-refractivity contribution is 0.217. The van der Waals surface area contributed by atoms with Crippen LogP contribution in [0.25, 0.3) is 0 Å². The summed E-state index contributed by atoms with van der Waals surface area (Å²) < 4.78 is 17.4. The van der Waals surface area contributed by atoms with Gasteiger partial charge in [0.2, 0.25) is 0 Å². The van der Waals surface area contributed by atoms with Crippen molar-refractivity contribution in [3.8, 4) is 17.2 Å². The summed E-state index contributed by atoms with van der Waals surface area (Å²) in [6, 6.07) is 33.7. The van der Waals surface area contributed by atoms with Crippen molar-refractivity contribution in [2.24, 2.45) is 0 Å². The summed E-state index contributed by atoms with van der Waals surface area (Å²) in [7, 11) is 5.76. The lowest BCUT2D eigenvalue weighted by atomic mass is 10.1. The Labute approximate surface area is 244 Å². The van der Waals surface area contributed by atoms with Crippen LogP contribution in [0.15, 0.2) is 97.1 Å². The van der Waals surface area contributed by atoms with Gasteiger partial charge in [-0.2, -0.15) is 0 Å². The summed E-state index contributed by atoms with van der Waals surface area (Å²) in [5, 5.41) is 0. The number of anilines is 3. The molecule has 0 saturated carbocycles. The second-order valence-corrected chi connectivity index (χ2v) is 10.7. The molecule has 5 rings (SSSR count). The van der Waals surface area contributed by atoms with E-state index in [0.717, 1.165) is 54.8 Å². The summed E-state index contributed by atoms with van der Waals surface area (Å²) in [6.45, 7) is 4.82. The second-order valence-electron chi connectivity index (χ2n) is 10.7. The minimum atomic E-state index is 0.475. The van der Waals surface area contributed by atoms with Crippen LogP contribution in [0, 0.1) is 0 Å². The Morgan fingerprint density at radius 2 is 1.27 bits per heavy atom. The maximum Gasteiger partial charge on any atom is 0.122 e. The summed E-state index contributed by atoms with van der Waals surface area (Å²) in [5.41, 5.74) is 6.08. The molecule has 1 heterocycles. The van der Waals surface area contributed by atoms with E-state index in [0.29, 0.717) is 13.2 Å². The largest absolute Gasteiger partial charge is 0.497 e. The molecule has 41 heavy (non-hydrogen) atoms. The van der Waals surface area contributed by atoms with Gasteiger partial charge in [0, 0.05) is 63.4 Å². The van der Waals surface area contributed by atoms with E-state index >= 15 is 0 Å². The van der Waals surface area contributed by atoms with Gasteiger partial charge < -0.3 is 28.9 Å². The molecule has 0 spiro atoms. The van der Waals surface area contributed by atoms with Gasteiger partial charge in [0.05, 0.1) is 7.11 Å². The fourth-order valence-corrected chi connectivity index (χ4v) is 5.20. The molecule has 0 bridgehead atoms. The first-order valence-electron chi connectivity index (χ1n) is 14.4. The molecular weight excluding hydrogens is 510 g/mol. The molecule has 4 aromatic carbocycles. The highest BCUT2D eigenvalue weighted by molar-refractivity contribution is 5.53. The Morgan fingerprint density at radius 3 is 1.98 bits per heavy atom. The first-order valence-corrected chi connectivity index (χ1v) is 14.4. The Bertz CT molecular complexity index is 1380. The van der Waals surface area contributed by atoms with Gasteiger partial charge in [-0.1, -0.05) is 30.3 Å². The van der Waals surface area contributed by atoms with Crippen LogP contribution in [0.3, 0.4) is 0 Å². The Balaban J connectivity index is 1.25. The van der Waals surface area contributed by atoms with E-state index in [-0.39, 0.29) is 0 Å². The number of benzene rings is 4. The van der Waals surface area contributed by atoms with Gasteiger partial charge in [-0.05, 0) is 84.6 Å². The van der Waals surface area contributed by atoms with Crippen LogP contribution < -0.4 is 28.9 Å². The molecule has 1 aliphatic heterocycles. The molecule has 0 radical (unpaired) electrons. The van der Waals surface area contributed by atoms with E-state index in [2.05, 4.69) is 75.4 Å². The zero-order valence-electron chi connectivity index (χ0n) is 24.5. The minimum Gasteiger partial charge on any atom is -0.497 e. The molecule has 1 saturated heterocycles. The SMILES string of the molecule is COc1cccc(CN(Cc2cccc(N3CCCC3)c2)c2ccc(OCCOc3cccc(N(C)C)c3)cc2)c1. The molecule has 1 fully saturated rings. The average Bonchev–Trinajstić information content (AvgIpc) is 3.55. The molecule has 0 aliphatic carbocycles. The predicted octanol–water partition coefficient (Wildman–Crippen LogP) is 7.03. The maximum absolute atomic E-state index is 6.00. The molecule has 0 unspecified atom stereocenters. The second kappa shape index (κ2) is 13.8. The minimum absolute atomic E-state index is 0.475. The highest BCUT2D eigenvalue weighted by Crippen LogP contribution is 2.27. The van der Waals surface area contributed by atoms with Crippen LogP contribution in [-0.2, 0) is 13.1 Å². The summed E-state index contributed by atoms with van der Waals surface area (Å²) in [6.07, 6.45) is 2.55. The van der Waals surface area contributed by atoms with Crippen LogP contribution in [0.2, 0.25) is 0 Å². The Kier molecular flexibility index (Phi) is 9.53. The van der Waals surface area contributed by atoms with Crippen LogP contribution >= 0.6 is 0 Å². The van der Waals surface area contributed by atoms with E-state index in [1.165, 1.54) is 29.7 Å². The van der Waals surface area contributed by atoms with Crippen molar-refractivity contribution in [2.45, 2.75) is 25.9 Å². The van der Waals surface area contributed by atoms with Gasteiger partial charge in [0.25, 0.3) is 0 Å². The molecule has 6 heteroatoms. The fraction of sp³-hybridized carbons (Fsp3) is 0.314. The number of rotatable bonds is 13. The van der Waals surface area contributed by atoms with Gasteiger partial charge in [-0.15, -0.1) is 0 Å². The molecule has 4 aromatic rings. The molecular formula is C35H41N3O3. The topological polar surface area (TPSA) is 37.4 Å². The van der Waals surface area contributed by atoms with Gasteiger partial charge in [0.15, 0.2) is 0 Å². The normalized spacial score (nSPS) is 12.7. The number of hydrogen-bond acceptors (Lipinski definition) is 6. The van der Waals surface area contributed by atoms with Gasteiger partial charge in [-0.3, -0.25) is 0 Å². The van der Waals surface area contributed by atoms with Crippen LogP contribution in [0.1, 0.15) is 24.0 Å². The van der Waals surface area contributed by atoms with Crippen molar-refractivity contribution in [1.29, 1.82) is 0 Å². The van der Waals surface area contributed by atoms with Gasteiger partial charge in [-0.25, -0.2) is 0 Å². The molecule has 0 N–H and O–H groups in total. The third-order valence-electron chi connectivity index (χ3n) is 7.42. The van der Waals surface area contributed by atoms with Gasteiger partial charge in [0.1, 0.15) is 30.5 Å². The monoisotopic (exact) mass is 551 g/mol. The van der Waals surface area contributed by atoms with Crippen LogP contribution in [-0.4, -0.2) is 47.5 Å². The van der Waals surface area contributed by atoms with E-state index in [4.69, 9.17) is 14.2 Å². The quantitative estimate of drug-likeness (QED) is 0.166. The Hall–Kier alpha value is -4.32. The summed E-state index contributed by atoms with van der Waals surface area (Å²) in [5.74, 6) is 2.55. The standard InChI is InChI=1S/C35H41N3O3/c1-36(2)31-11-8-14-35(25-31)41-22-21-40-33-17-15-30(16-18-33)38(27-29-10-7-13-34(24-29)39-3)26-28-9-6-12-32(23-28)37-19-4-5-20-37/h6-18,23-25H,4-5,19-22,26-27H2,1-3H3.